The van der Waals surface area contributed by atoms with E-state index >= 15 is 0 Å². The first-order valence-corrected chi connectivity index (χ1v) is 7.00. The van der Waals surface area contributed by atoms with E-state index in [1.54, 1.807) is 0 Å². The number of hydrogen-bond donors (Lipinski definition) is 0. The van der Waals surface area contributed by atoms with Crippen LogP contribution >= 0.6 is 0 Å². The van der Waals surface area contributed by atoms with Crippen LogP contribution in [-0.4, -0.2) is 25.2 Å². The molecule has 0 aromatic heterocycles. The molecule has 0 fully saturated rings. The van der Waals surface area contributed by atoms with Crippen LogP contribution in [0.1, 0.15) is 11.1 Å². The summed E-state index contributed by atoms with van der Waals surface area (Å²) in [5.74, 6) is -3.14. The summed E-state index contributed by atoms with van der Waals surface area (Å²) in [5, 5.41) is 0. The van der Waals surface area contributed by atoms with Crippen LogP contribution in [0.3, 0.4) is 0 Å². The Hall–Kier alpha value is -2.57. The highest BCUT2D eigenvalue weighted by Gasteiger charge is 2.33. The number of carbonyl (C=O) groups is 2. The number of hydrogen-bond acceptors (Lipinski definition) is 4. The Morgan fingerprint density at radius 3 is 2.08 bits per heavy atom. The molecule has 7 heteroatoms. The molecule has 0 heterocycles. The SMILES string of the molecule is C=CCOC(=O)C(Cc1cccc(C(F)(F)F)c1)C(=O)OCC=C. The Kier molecular flexibility index (Phi) is 7.23. The zero-order valence-corrected chi connectivity index (χ0v) is 12.8. The second-order valence-electron chi connectivity index (χ2n) is 4.79. The summed E-state index contributed by atoms with van der Waals surface area (Å²) in [6.07, 6.45) is -2.16. The molecule has 0 atom stereocenters. The number of ether oxygens (including phenoxy) is 2. The zero-order valence-electron chi connectivity index (χ0n) is 12.8. The second kappa shape index (κ2) is 8.90. The van der Waals surface area contributed by atoms with Gasteiger partial charge in [-0.1, -0.05) is 43.5 Å². The van der Waals surface area contributed by atoms with E-state index in [4.69, 9.17) is 9.47 Å². The fraction of sp³-hybridized carbons (Fsp3) is 0.294. The molecule has 1 aromatic rings. The van der Waals surface area contributed by atoms with Crippen molar-refractivity contribution < 1.29 is 32.2 Å². The molecular weight excluding hydrogens is 325 g/mol. The number of halogens is 3. The lowest BCUT2D eigenvalue weighted by molar-refractivity contribution is -0.160. The maximum Gasteiger partial charge on any atom is 0.416 e. The second-order valence-corrected chi connectivity index (χ2v) is 4.79. The van der Waals surface area contributed by atoms with E-state index in [-0.39, 0.29) is 25.2 Å². The Balaban J connectivity index is 2.99. The van der Waals surface area contributed by atoms with Gasteiger partial charge in [0.15, 0.2) is 5.92 Å². The lowest BCUT2D eigenvalue weighted by Gasteiger charge is -2.15. The minimum absolute atomic E-state index is 0.118. The average molecular weight is 342 g/mol. The van der Waals surface area contributed by atoms with Gasteiger partial charge in [0, 0.05) is 0 Å². The van der Waals surface area contributed by atoms with Crippen LogP contribution in [-0.2, 0) is 31.7 Å². The highest BCUT2D eigenvalue weighted by Crippen LogP contribution is 2.30. The van der Waals surface area contributed by atoms with Gasteiger partial charge in [-0.15, -0.1) is 0 Å². The Bertz CT molecular complexity index is 584. The molecular formula is C17H17F3O4. The van der Waals surface area contributed by atoms with Crippen molar-refractivity contribution >= 4 is 11.9 Å². The number of carbonyl (C=O) groups excluding carboxylic acids is 2. The summed E-state index contributed by atoms with van der Waals surface area (Å²) in [4.78, 5) is 23.9. The number of rotatable bonds is 8. The third-order valence-electron chi connectivity index (χ3n) is 2.95. The molecule has 0 aliphatic rings. The maximum absolute atomic E-state index is 12.8. The maximum atomic E-state index is 12.8. The van der Waals surface area contributed by atoms with E-state index in [0.717, 1.165) is 12.1 Å². The molecule has 0 amide bonds. The minimum atomic E-state index is -4.52. The van der Waals surface area contributed by atoms with Crippen LogP contribution in [0.5, 0.6) is 0 Å². The van der Waals surface area contributed by atoms with Crippen LogP contribution in [0.2, 0.25) is 0 Å². The van der Waals surface area contributed by atoms with Crippen molar-refractivity contribution in [1.29, 1.82) is 0 Å². The summed E-state index contributed by atoms with van der Waals surface area (Å²) in [5.41, 5.74) is -0.696. The van der Waals surface area contributed by atoms with Crippen molar-refractivity contribution in [2.75, 3.05) is 13.2 Å². The quantitative estimate of drug-likeness (QED) is 0.413. The normalized spacial score (nSPS) is 11.0. The lowest BCUT2D eigenvalue weighted by Crippen LogP contribution is -2.30. The van der Waals surface area contributed by atoms with Gasteiger partial charge in [-0.3, -0.25) is 9.59 Å². The van der Waals surface area contributed by atoms with E-state index in [1.807, 2.05) is 0 Å². The summed E-state index contributed by atoms with van der Waals surface area (Å²) >= 11 is 0. The molecule has 0 aliphatic heterocycles. The molecule has 0 radical (unpaired) electrons. The molecule has 0 saturated heterocycles. The van der Waals surface area contributed by atoms with Crippen LogP contribution in [0.4, 0.5) is 13.2 Å². The zero-order chi connectivity index (χ0) is 18.2. The standard InChI is InChI=1S/C17H17F3O4/c1-3-8-23-15(21)14(16(22)24-9-4-2)11-12-6-5-7-13(10-12)17(18,19)20/h3-7,10,14H,1-2,8-9,11H2. The first-order chi connectivity index (χ1) is 11.3. The van der Waals surface area contributed by atoms with Crippen molar-refractivity contribution in [2.45, 2.75) is 12.6 Å². The molecule has 130 valence electrons. The molecule has 1 aromatic carbocycles. The third kappa shape index (κ3) is 5.91. The first-order valence-electron chi connectivity index (χ1n) is 7.00. The summed E-state index contributed by atoms with van der Waals surface area (Å²) < 4.78 is 47.9. The van der Waals surface area contributed by atoms with Crippen molar-refractivity contribution in [2.24, 2.45) is 5.92 Å². The summed E-state index contributed by atoms with van der Waals surface area (Å²) in [6, 6.07) is 4.39. The fourth-order valence-electron chi connectivity index (χ4n) is 1.86. The Labute approximate surface area is 137 Å². The van der Waals surface area contributed by atoms with Crippen LogP contribution < -0.4 is 0 Å². The highest BCUT2D eigenvalue weighted by atomic mass is 19.4. The van der Waals surface area contributed by atoms with Crippen LogP contribution in [0.25, 0.3) is 0 Å². The van der Waals surface area contributed by atoms with E-state index < -0.39 is 29.6 Å². The largest absolute Gasteiger partial charge is 0.461 e. The van der Waals surface area contributed by atoms with Crippen LogP contribution in [0.15, 0.2) is 49.6 Å². The monoisotopic (exact) mass is 342 g/mol. The predicted octanol–water partition coefficient (Wildman–Crippen LogP) is 3.32. The topological polar surface area (TPSA) is 52.6 Å². The van der Waals surface area contributed by atoms with Crippen molar-refractivity contribution in [1.82, 2.24) is 0 Å². The molecule has 24 heavy (non-hydrogen) atoms. The summed E-state index contributed by atoms with van der Waals surface area (Å²) in [6.45, 7) is 6.52. The van der Waals surface area contributed by atoms with Crippen LogP contribution in [0, 0.1) is 5.92 Å². The first kappa shape index (κ1) is 19.5. The predicted molar refractivity (Wildman–Crippen MR) is 81.0 cm³/mol. The van der Waals surface area contributed by atoms with Gasteiger partial charge in [0.05, 0.1) is 5.56 Å². The van der Waals surface area contributed by atoms with E-state index in [1.165, 1.54) is 24.3 Å². The molecule has 0 N–H and O–H groups in total. The molecule has 0 unspecified atom stereocenters. The van der Waals surface area contributed by atoms with Gasteiger partial charge >= 0.3 is 18.1 Å². The molecule has 4 nitrogen and oxygen atoms in total. The van der Waals surface area contributed by atoms with E-state index in [2.05, 4.69) is 13.2 Å². The number of esters is 2. The fourth-order valence-corrected chi connectivity index (χ4v) is 1.86. The van der Waals surface area contributed by atoms with Gasteiger partial charge < -0.3 is 9.47 Å². The van der Waals surface area contributed by atoms with Gasteiger partial charge in [0.25, 0.3) is 0 Å². The molecule has 0 spiro atoms. The number of benzene rings is 1. The smallest absolute Gasteiger partial charge is 0.416 e. The number of alkyl halides is 3. The van der Waals surface area contributed by atoms with Gasteiger partial charge in [0.1, 0.15) is 13.2 Å². The average Bonchev–Trinajstić information content (AvgIpc) is 2.54. The van der Waals surface area contributed by atoms with E-state index in [0.29, 0.717) is 0 Å². The summed E-state index contributed by atoms with van der Waals surface area (Å²) in [7, 11) is 0. The third-order valence-corrected chi connectivity index (χ3v) is 2.95. The highest BCUT2D eigenvalue weighted by molar-refractivity contribution is 5.95. The Morgan fingerprint density at radius 1 is 1.08 bits per heavy atom. The lowest BCUT2D eigenvalue weighted by atomic mass is 9.98. The van der Waals surface area contributed by atoms with Gasteiger partial charge in [-0.05, 0) is 18.1 Å². The van der Waals surface area contributed by atoms with Crippen molar-refractivity contribution in [3.05, 3.63) is 60.7 Å². The minimum Gasteiger partial charge on any atom is -0.461 e. The van der Waals surface area contributed by atoms with Crippen molar-refractivity contribution in [3.8, 4) is 0 Å². The molecule has 1 rings (SSSR count). The molecule has 0 bridgehead atoms. The Morgan fingerprint density at radius 2 is 1.62 bits per heavy atom. The van der Waals surface area contributed by atoms with E-state index in [9.17, 15) is 22.8 Å². The van der Waals surface area contributed by atoms with Gasteiger partial charge in [-0.2, -0.15) is 13.2 Å². The molecule has 0 saturated carbocycles. The molecule has 0 aliphatic carbocycles. The van der Waals surface area contributed by atoms with Gasteiger partial charge in [0.2, 0.25) is 0 Å². The van der Waals surface area contributed by atoms with Gasteiger partial charge in [-0.25, -0.2) is 0 Å². The van der Waals surface area contributed by atoms with Crippen molar-refractivity contribution in [3.63, 3.8) is 0 Å².